The van der Waals surface area contributed by atoms with Crippen molar-refractivity contribution in [2.75, 3.05) is 5.32 Å². The summed E-state index contributed by atoms with van der Waals surface area (Å²) < 4.78 is 0. The van der Waals surface area contributed by atoms with E-state index in [4.69, 9.17) is 5.73 Å². The molecule has 2 atom stereocenters. The van der Waals surface area contributed by atoms with E-state index in [1.54, 1.807) is 11.3 Å². The van der Waals surface area contributed by atoms with Crippen molar-refractivity contribution < 1.29 is 4.79 Å². The quantitative estimate of drug-likeness (QED) is 0.886. The molecule has 3 N–H and O–H groups in total. The molecule has 2 aliphatic carbocycles. The molecule has 0 bridgehead atoms. The minimum atomic E-state index is -0.0237. The number of amides is 1. The van der Waals surface area contributed by atoms with E-state index in [9.17, 15) is 4.79 Å². The van der Waals surface area contributed by atoms with Crippen molar-refractivity contribution in [3.8, 4) is 0 Å². The molecule has 4 nitrogen and oxygen atoms in total. The SMILES string of the molecule is Cl.N[C@H]1CCc2nc(NC(=O)C3Cc4ccccc43)sc2C1. The summed E-state index contributed by atoms with van der Waals surface area (Å²) in [5.41, 5.74) is 9.53. The van der Waals surface area contributed by atoms with Crippen LogP contribution in [0.2, 0.25) is 0 Å². The largest absolute Gasteiger partial charge is 0.327 e. The molecular formula is C16H18ClN3OS. The van der Waals surface area contributed by atoms with E-state index in [1.165, 1.54) is 10.4 Å². The van der Waals surface area contributed by atoms with Crippen molar-refractivity contribution in [3.63, 3.8) is 0 Å². The van der Waals surface area contributed by atoms with Crippen LogP contribution in [0, 0.1) is 0 Å². The molecule has 6 heteroatoms. The van der Waals surface area contributed by atoms with Crippen molar-refractivity contribution >= 4 is 34.8 Å². The molecule has 2 aromatic rings. The summed E-state index contributed by atoms with van der Waals surface area (Å²) in [5.74, 6) is 0.0356. The minimum absolute atomic E-state index is 0. The Hall–Kier alpha value is -1.43. The van der Waals surface area contributed by atoms with Gasteiger partial charge in [-0.1, -0.05) is 24.3 Å². The molecule has 0 saturated carbocycles. The number of nitrogens with two attached hydrogens (primary N) is 1. The van der Waals surface area contributed by atoms with Crippen molar-refractivity contribution in [3.05, 3.63) is 46.0 Å². The lowest BCUT2D eigenvalue weighted by atomic mass is 9.77. The fourth-order valence-electron chi connectivity index (χ4n) is 3.14. The molecule has 1 aromatic heterocycles. The first-order valence-corrected chi connectivity index (χ1v) is 8.15. The topological polar surface area (TPSA) is 68.0 Å². The average molecular weight is 336 g/mol. The van der Waals surface area contributed by atoms with E-state index < -0.39 is 0 Å². The Labute approximate surface area is 139 Å². The van der Waals surface area contributed by atoms with Gasteiger partial charge < -0.3 is 11.1 Å². The highest BCUT2D eigenvalue weighted by Gasteiger charge is 2.32. The lowest BCUT2D eigenvalue weighted by Gasteiger charge is -2.28. The second-order valence-electron chi connectivity index (χ2n) is 5.84. The van der Waals surface area contributed by atoms with Gasteiger partial charge in [0.25, 0.3) is 0 Å². The molecule has 1 unspecified atom stereocenters. The summed E-state index contributed by atoms with van der Waals surface area (Å²) in [6.45, 7) is 0. The van der Waals surface area contributed by atoms with E-state index in [0.29, 0.717) is 0 Å². The van der Waals surface area contributed by atoms with Crippen LogP contribution in [0.25, 0.3) is 0 Å². The summed E-state index contributed by atoms with van der Waals surface area (Å²) in [6.07, 6.45) is 3.63. The van der Waals surface area contributed by atoms with Crippen LogP contribution in [0.3, 0.4) is 0 Å². The highest BCUT2D eigenvalue weighted by atomic mass is 35.5. The molecule has 0 spiro atoms. The number of carbonyl (C=O) groups is 1. The minimum Gasteiger partial charge on any atom is -0.327 e. The molecule has 1 aromatic carbocycles. The number of carbonyl (C=O) groups excluding carboxylic acids is 1. The Balaban J connectivity index is 0.00000144. The van der Waals surface area contributed by atoms with Gasteiger partial charge in [0.2, 0.25) is 5.91 Å². The van der Waals surface area contributed by atoms with Crippen LogP contribution in [0.4, 0.5) is 5.13 Å². The number of rotatable bonds is 2. The van der Waals surface area contributed by atoms with Gasteiger partial charge in [-0.25, -0.2) is 4.98 Å². The first kappa shape index (κ1) is 15.5. The summed E-state index contributed by atoms with van der Waals surface area (Å²) in [6, 6.07) is 8.37. The van der Waals surface area contributed by atoms with Gasteiger partial charge >= 0.3 is 0 Å². The molecule has 0 fully saturated rings. The number of aromatic nitrogens is 1. The molecule has 1 heterocycles. The first-order chi connectivity index (χ1) is 10.2. The van der Waals surface area contributed by atoms with Gasteiger partial charge in [0.15, 0.2) is 5.13 Å². The standard InChI is InChI=1S/C16H17N3OS.ClH/c17-10-5-6-13-14(8-10)21-16(18-13)19-15(20)12-7-9-3-1-2-4-11(9)12;/h1-4,10,12H,5-8,17H2,(H,18,19,20);1H/t10-,12?;/m0./s1. The summed E-state index contributed by atoms with van der Waals surface area (Å²) in [5, 5.41) is 3.71. The first-order valence-electron chi connectivity index (χ1n) is 7.33. The summed E-state index contributed by atoms with van der Waals surface area (Å²) in [7, 11) is 0. The van der Waals surface area contributed by atoms with E-state index in [1.807, 2.05) is 18.2 Å². The lowest BCUT2D eigenvalue weighted by molar-refractivity contribution is -0.118. The number of fused-ring (bicyclic) bond motifs is 2. The zero-order chi connectivity index (χ0) is 14.4. The van der Waals surface area contributed by atoms with Crippen LogP contribution in [0.1, 0.15) is 34.0 Å². The molecule has 0 saturated heterocycles. The smallest absolute Gasteiger partial charge is 0.234 e. The maximum absolute atomic E-state index is 12.4. The normalized spacial score (nSPS) is 21.9. The van der Waals surface area contributed by atoms with E-state index >= 15 is 0 Å². The van der Waals surface area contributed by atoms with Gasteiger partial charge in [0.05, 0.1) is 11.6 Å². The monoisotopic (exact) mass is 335 g/mol. The third-order valence-corrected chi connectivity index (χ3v) is 5.41. The number of nitrogens with one attached hydrogen (secondary N) is 1. The Morgan fingerprint density at radius 1 is 1.32 bits per heavy atom. The van der Waals surface area contributed by atoms with Crippen LogP contribution in [0.5, 0.6) is 0 Å². The number of halogens is 1. The van der Waals surface area contributed by atoms with Crippen LogP contribution in [-0.2, 0) is 24.1 Å². The molecule has 22 heavy (non-hydrogen) atoms. The maximum atomic E-state index is 12.4. The number of benzene rings is 1. The van der Waals surface area contributed by atoms with Gasteiger partial charge in [-0.05, 0) is 36.8 Å². The molecule has 0 aliphatic heterocycles. The van der Waals surface area contributed by atoms with Crippen molar-refractivity contribution in [2.45, 2.75) is 37.6 Å². The van der Waals surface area contributed by atoms with Crippen molar-refractivity contribution in [1.82, 2.24) is 4.98 Å². The Morgan fingerprint density at radius 2 is 2.14 bits per heavy atom. The van der Waals surface area contributed by atoms with Crippen LogP contribution in [0.15, 0.2) is 24.3 Å². The fourth-order valence-corrected chi connectivity index (χ4v) is 4.24. The van der Waals surface area contributed by atoms with Crippen molar-refractivity contribution in [1.29, 1.82) is 0 Å². The molecule has 1 amide bonds. The molecule has 4 rings (SSSR count). The number of nitrogens with zero attached hydrogens (tertiary/aromatic N) is 1. The van der Waals surface area contributed by atoms with E-state index in [0.717, 1.165) is 42.1 Å². The predicted molar refractivity (Wildman–Crippen MR) is 90.9 cm³/mol. The van der Waals surface area contributed by atoms with Gasteiger partial charge in [-0.15, -0.1) is 23.7 Å². The third-order valence-electron chi connectivity index (χ3n) is 4.38. The molecule has 116 valence electrons. The molecule has 2 aliphatic rings. The molecular weight excluding hydrogens is 318 g/mol. The van der Waals surface area contributed by atoms with Crippen LogP contribution >= 0.6 is 23.7 Å². The maximum Gasteiger partial charge on any atom is 0.234 e. The van der Waals surface area contributed by atoms with Crippen LogP contribution < -0.4 is 11.1 Å². The average Bonchev–Trinajstić information content (AvgIpc) is 2.81. The zero-order valence-electron chi connectivity index (χ0n) is 12.0. The van der Waals surface area contributed by atoms with Crippen LogP contribution in [-0.4, -0.2) is 16.9 Å². The second kappa shape index (κ2) is 5.99. The zero-order valence-corrected chi connectivity index (χ0v) is 13.7. The third kappa shape index (κ3) is 2.64. The van der Waals surface area contributed by atoms with Gasteiger partial charge in [-0.3, -0.25) is 4.79 Å². The number of hydrogen-bond donors (Lipinski definition) is 2. The van der Waals surface area contributed by atoms with E-state index in [-0.39, 0.29) is 30.3 Å². The van der Waals surface area contributed by atoms with Gasteiger partial charge in [0, 0.05) is 10.9 Å². The Bertz CT molecular complexity index is 715. The predicted octanol–water partition coefficient (Wildman–Crippen LogP) is 2.66. The lowest BCUT2D eigenvalue weighted by Crippen LogP contribution is -2.30. The number of aryl methyl sites for hydroxylation is 1. The molecule has 0 radical (unpaired) electrons. The van der Waals surface area contributed by atoms with E-state index in [2.05, 4.69) is 16.4 Å². The number of hydrogen-bond acceptors (Lipinski definition) is 4. The second-order valence-corrected chi connectivity index (χ2v) is 6.92. The van der Waals surface area contributed by atoms with Crippen molar-refractivity contribution in [2.24, 2.45) is 5.73 Å². The highest BCUT2D eigenvalue weighted by molar-refractivity contribution is 7.15. The van der Waals surface area contributed by atoms with Gasteiger partial charge in [-0.2, -0.15) is 0 Å². The summed E-state index contributed by atoms with van der Waals surface area (Å²) in [4.78, 5) is 18.2. The number of anilines is 1. The van der Waals surface area contributed by atoms with Gasteiger partial charge in [0.1, 0.15) is 0 Å². The highest BCUT2D eigenvalue weighted by Crippen LogP contribution is 2.36. The fraction of sp³-hybridized carbons (Fsp3) is 0.375. The Kier molecular flexibility index (Phi) is 4.21. The Morgan fingerprint density at radius 3 is 2.95 bits per heavy atom. The number of thiazole rings is 1. The summed E-state index contributed by atoms with van der Waals surface area (Å²) >= 11 is 1.58.